The molecule has 5 heteroatoms. The predicted octanol–water partition coefficient (Wildman–Crippen LogP) is 6.26. The highest BCUT2D eigenvalue weighted by atomic mass is 16.5. The lowest BCUT2D eigenvalue weighted by Gasteiger charge is -2.25. The molecule has 0 spiro atoms. The van der Waals surface area contributed by atoms with Crippen LogP contribution in [0.1, 0.15) is 57.8 Å². The first kappa shape index (κ1) is 22.0. The van der Waals surface area contributed by atoms with E-state index in [9.17, 15) is 9.59 Å². The molecule has 0 saturated heterocycles. The largest absolute Gasteiger partial charge is 0.494 e. The molecule has 1 aromatic heterocycles. The summed E-state index contributed by atoms with van der Waals surface area (Å²) in [6.45, 7) is 8.63. The topological polar surface area (TPSA) is 59.8 Å². The number of carbonyl (C=O) groups is 1. The zero-order valence-corrected chi connectivity index (χ0v) is 19.8. The van der Waals surface area contributed by atoms with E-state index < -0.39 is 6.04 Å². The van der Waals surface area contributed by atoms with Crippen LogP contribution in [-0.2, 0) is 0 Å². The smallest absolute Gasteiger partial charge is 0.295 e. The molecule has 0 N–H and O–H groups in total. The Morgan fingerprint density at radius 3 is 2.26 bits per heavy atom. The second-order valence-corrected chi connectivity index (χ2v) is 8.94. The third-order valence-corrected chi connectivity index (χ3v) is 6.47. The lowest BCUT2D eigenvalue weighted by Crippen LogP contribution is -2.29. The van der Waals surface area contributed by atoms with E-state index in [-0.39, 0.29) is 17.1 Å². The van der Waals surface area contributed by atoms with E-state index in [4.69, 9.17) is 9.15 Å². The zero-order chi connectivity index (χ0) is 24.0. The molecule has 5 rings (SSSR count). The molecule has 2 heterocycles. The lowest BCUT2D eigenvalue weighted by molar-refractivity contribution is 0.0971. The Kier molecular flexibility index (Phi) is 5.48. The third kappa shape index (κ3) is 3.58. The second kappa shape index (κ2) is 8.49. The maximum atomic E-state index is 13.8. The standard InChI is InChI=1S/C29H27NO4/c1-5-14-33-22-12-8-20(9-13-22)26-25-27(31)23-15-18(3)19(4)16-24(23)34-28(25)29(32)30(26)21-10-6-17(2)7-11-21/h6-13,15-16,26H,5,14H2,1-4H3. The molecule has 0 bridgehead atoms. The van der Waals surface area contributed by atoms with Crippen molar-refractivity contribution in [3.05, 3.63) is 104 Å². The van der Waals surface area contributed by atoms with E-state index in [2.05, 4.69) is 6.92 Å². The van der Waals surface area contributed by atoms with Gasteiger partial charge in [0.25, 0.3) is 5.91 Å². The highest BCUT2D eigenvalue weighted by Crippen LogP contribution is 2.41. The SMILES string of the molecule is CCCOc1ccc(C2c3c(oc4cc(C)c(C)cc4c3=O)C(=O)N2c2ccc(C)cc2)cc1. The summed E-state index contributed by atoms with van der Waals surface area (Å²) in [5, 5.41) is 0.494. The van der Waals surface area contributed by atoms with Gasteiger partial charge in [-0.05, 0) is 80.3 Å². The van der Waals surface area contributed by atoms with E-state index in [1.54, 1.807) is 4.90 Å². The van der Waals surface area contributed by atoms with Crippen LogP contribution in [0.5, 0.6) is 5.75 Å². The summed E-state index contributed by atoms with van der Waals surface area (Å²) in [6, 6.07) is 18.4. The molecule has 3 aromatic carbocycles. The number of hydrogen-bond donors (Lipinski definition) is 0. The van der Waals surface area contributed by atoms with Crippen LogP contribution in [0.4, 0.5) is 5.69 Å². The van der Waals surface area contributed by atoms with Gasteiger partial charge < -0.3 is 9.15 Å². The number of rotatable bonds is 5. The van der Waals surface area contributed by atoms with Crippen molar-refractivity contribution in [2.24, 2.45) is 0 Å². The molecule has 4 aromatic rings. The van der Waals surface area contributed by atoms with Crippen LogP contribution in [0, 0.1) is 20.8 Å². The van der Waals surface area contributed by atoms with Gasteiger partial charge in [-0.15, -0.1) is 0 Å². The minimum absolute atomic E-state index is 0.109. The lowest BCUT2D eigenvalue weighted by atomic mass is 9.97. The first-order chi connectivity index (χ1) is 16.4. The van der Waals surface area contributed by atoms with Crippen LogP contribution in [0.3, 0.4) is 0 Å². The Hall–Kier alpha value is -3.86. The van der Waals surface area contributed by atoms with Crippen molar-refractivity contribution in [2.75, 3.05) is 11.5 Å². The molecule has 1 aliphatic rings. The number of benzene rings is 3. The first-order valence-electron chi connectivity index (χ1n) is 11.6. The van der Waals surface area contributed by atoms with Gasteiger partial charge in [-0.2, -0.15) is 0 Å². The molecule has 0 aliphatic carbocycles. The molecule has 1 unspecified atom stereocenters. The number of fused-ring (bicyclic) bond motifs is 2. The van der Waals surface area contributed by atoms with Gasteiger partial charge in [0.1, 0.15) is 11.3 Å². The van der Waals surface area contributed by atoms with Gasteiger partial charge in [0.2, 0.25) is 5.76 Å². The normalized spacial score (nSPS) is 15.1. The Morgan fingerprint density at radius 1 is 0.912 bits per heavy atom. The zero-order valence-electron chi connectivity index (χ0n) is 19.8. The maximum absolute atomic E-state index is 13.8. The molecular weight excluding hydrogens is 426 g/mol. The van der Waals surface area contributed by atoms with Crippen LogP contribution in [0.25, 0.3) is 11.0 Å². The molecule has 0 radical (unpaired) electrons. The van der Waals surface area contributed by atoms with Gasteiger partial charge in [0.15, 0.2) is 5.43 Å². The number of aryl methyl sites for hydroxylation is 3. The number of nitrogens with zero attached hydrogens (tertiary/aromatic N) is 1. The molecule has 0 saturated carbocycles. The Morgan fingerprint density at radius 2 is 1.59 bits per heavy atom. The third-order valence-electron chi connectivity index (χ3n) is 6.47. The summed E-state index contributed by atoms with van der Waals surface area (Å²) in [5.74, 6) is 0.554. The number of amides is 1. The fraction of sp³-hybridized carbons (Fsp3) is 0.241. The summed E-state index contributed by atoms with van der Waals surface area (Å²) in [6.07, 6.45) is 0.917. The van der Waals surface area contributed by atoms with Crippen molar-refractivity contribution in [3.8, 4) is 5.75 Å². The predicted molar refractivity (Wildman–Crippen MR) is 134 cm³/mol. The van der Waals surface area contributed by atoms with Crippen molar-refractivity contribution in [1.29, 1.82) is 0 Å². The summed E-state index contributed by atoms with van der Waals surface area (Å²) in [7, 11) is 0. The molecular formula is C29H27NO4. The van der Waals surface area contributed by atoms with Crippen LogP contribution in [0.15, 0.2) is 69.9 Å². The van der Waals surface area contributed by atoms with Gasteiger partial charge in [0.05, 0.1) is 23.6 Å². The number of hydrogen-bond acceptors (Lipinski definition) is 4. The van der Waals surface area contributed by atoms with Gasteiger partial charge >= 0.3 is 0 Å². The molecule has 5 nitrogen and oxygen atoms in total. The quantitative estimate of drug-likeness (QED) is 0.358. The fourth-order valence-corrected chi connectivity index (χ4v) is 4.48. The summed E-state index contributed by atoms with van der Waals surface area (Å²) >= 11 is 0. The molecule has 34 heavy (non-hydrogen) atoms. The Balaban J connectivity index is 1.73. The Bertz CT molecular complexity index is 1450. The van der Waals surface area contributed by atoms with Gasteiger partial charge in [-0.25, -0.2) is 0 Å². The van der Waals surface area contributed by atoms with E-state index >= 15 is 0 Å². The van der Waals surface area contributed by atoms with Crippen LogP contribution in [0.2, 0.25) is 0 Å². The average molecular weight is 454 g/mol. The van der Waals surface area contributed by atoms with Crippen molar-refractivity contribution >= 4 is 22.6 Å². The first-order valence-corrected chi connectivity index (χ1v) is 11.6. The van der Waals surface area contributed by atoms with Crippen molar-refractivity contribution < 1.29 is 13.9 Å². The van der Waals surface area contributed by atoms with E-state index in [1.165, 1.54) is 0 Å². The monoisotopic (exact) mass is 453 g/mol. The maximum Gasteiger partial charge on any atom is 0.295 e. The molecule has 0 fully saturated rings. The van der Waals surface area contributed by atoms with E-state index in [1.807, 2.05) is 81.4 Å². The molecule has 1 atom stereocenters. The highest BCUT2D eigenvalue weighted by Gasteiger charge is 2.43. The summed E-state index contributed by atoms with van der Waals surface area (Å²) in [4.78, 5) is 29.1. The Labute approximate surface area is 198 Å². The van der Waals surface area contributed by atoms with Crippen LogP contribution in [-0.4, -0.2) is 12.5 Å². The van der Waals surface area contributed by atoms with Crippen LogP contribution >= 0.6 is 0 Å². The van der Waals surface area contributed by atoms with Gasteiger partial charge in [0, 0.05) is 5.69 Å². The molecule has 1 amide bonds. The number of carbonyl (C=O) groups excluding carboxylic acids is 1. The molecule has 172 valence electrons. The number of ether oxygens (including phenoxy) is 1. The number of anilines is 1. The molecule has 1 aliphatic heterocycles. The fourth-order valence-electron chi connectivity index (χ4n) is 4.48. The van der Waals surface area contributed by atoms with Gasteiger partial charge in [-0.3, -0.25) is 14.5 Å². The second-order valence-electron chi connectivity index (χ2n) is 8.94. The minimum Gasteiger partial charge on any atom is -0.494 e. The summed E-state index contributed by atoms with van der Waals surface area (Å²) < 4.78 is 11.9. The van der Waals surface area contributed by atoms with Crippen LogP contribution < -0.4 is 15.1 Å². The highest BCUT2D eigenvalue weighted by molar-refractivity contribution is 6.10. The van der Waals surface area contributed by atoms with Crippen molar-refractivity contribution in [2.45, 2.75) is 40.2 Å². The minimum atomic E-state index is -0.590. The van der Waals surface area contributed by atoms with E-state index in [0.717, 1.165) is 34.4 Å². The van der Waals surface area contributed by atoms with E-state index in [0.29, 0.717) is 28.8 Å². The van der Waals surface area contributed by atoms with Crippen molar-refractivity contribution in [3.63, 3.8) is 0 Å². The average Bonchev–Trinajstić information content (AvgIpc) is 3.12. The van der Waals surface area contributed by atoms with Gasteiger partial charge in [-0.1, -0.05) is 36.8 Å². The summed E-state index contributed by atoms with van der Waals surface area (Å²) in [5.41, 5.74) is 5.30. The van der Waals surface area contributed by atoms with Crippen molar-refractivity contribution in [1.82, 2.24) is 0 Å².